The summed E-state index contributed by atoms with van der Waals surface area (Å²) in [7, 11) is 0. The van der Waals surface area contributed by atoms with Gasteiger partial charge in [0.05, 0.1) is 5.56 Å². The smallest absolute Gasteiger partial charge is 0.258 e. The number of aryl methyl sites for hydroxylation is 1. The zero-order valence-corrected chi connectivity index (χ0v) is 14.8. The van der Waals surface area contributed by atoms with Crippen LogP contribution in [-0.2, 0) is 12.8 Å². The van der Waals surface area contributed by atoms with Gasteiger partial charge >= 0.3 is 0 Å². The van der Waals surface area contributed by atoms with Gasteiger partial charge in [0, 0.05) is 23.7 Å². The van der Waals surface area contributed by atoms with Crippen molar-refractivity contribution >= 4 is 11.7 Å². The van der Waals surface area contributed by atoms with E-state index in [1.54, 1.807) is 18.3 Å². The second-order valence-corrected chi connectivity index (χ2v) is 6.52. The minimum atomic E-state index is -0.318. The standard InChI is InChI=1S/C22H18N4O/c23-13-18-20(15-7-2-1-3-8-15)17-10-4-5-11-19(17)25-21(18)26-22(27)16-9-6-12-24-14-16/h1-3,6-9,12,14H,4-5,10-11H2,(H,25,26,27). The number of pyridine rings is 2. The minimum Gasteiger partial charge on any atom is -0.305 e. The van der Waals surface area contributed by atoms with Crippen LogP contribution in [0.3, 0.4) is 0 Å². The third-order valence-corrected chi connectivity index (χ3v) is 4.80. The number of carbonyl (C=O) groups excluding carboxylic acids is 1. The molecule has 0 atom stereocenters. The van der Waals surface area contributed by atoms with Gasteiger partial charge in [-0.3, -0.25) is 9.78 Å². The Morgan fingerprint density at radius 3 is 2.63 bits per heavy atom. The Morgan fingerprint density at radius 2 is 1.89 bits per heavy atom. The van der Waals surface area contributed by atoms with Crippen molar-refractivity contribution in [3.05, 3.63) is 77.2 Å². The predicted molar refractivity (Wildman–Crippen MR) is 103 cm³/mol. The van der Waals surface area contributed by atoms with Crippen molar-refractivity contribution in [3.63, 3.8) is 0 Å². The van der Waals surface area contributed by atoms with E-state index in [1.807, 2.05) is 30.3 Å². The van der Waals surface area contributed by atoms with Crippen LogP contribution < -0.4 is 5.32 Å². The van der Waals surface area contributed by atoms with Gasteiger partial charge < -0.3 is 5.32 Å². The number of amides is 1. The average Bonchev–Trinajstić information content (AvgIpc) is 2.74. The molecular weight excluding hydrogens is 336 g/mol. The van der Waals surface area contributed by atoms with Crippen LogP contribution in [0.15, 0.2) is 54.9 Å². The molecule has 1 N–H and O–H groups in total. The molecule has 1 aromatic carbocycles. The Hall–Kier alpha value is -3.52. The molecule has 27 heavy (non-hydrogen) atoms. The molecule has 132 valence electrons. The van der Waals surface area contributed by atoms with Gasteiger partial charge in [0.15, 0.2) is 5.82 Å². The van der Waals surface area contributed by atoms with Crippen molar-refractivity contribution in [2.24, 2.45) is 0 Å². The molecule has 2 heterocycles. The highest BCUT2D eigenvalue weighted by Gasteiger charge is 2.24. The molecule has 4 rings (SSSR count). The van der Waals surface area contributed by atoms with Crippen molar-refractivity contribution in [3.8, 4) is 17.2 Å². The lowest BCUT2D eigenvalue weighted by molar-refractivity contribution is 0.102. The Morgan fingerprint density at radius 1 is 1.07 bits per heavy atom. The molecule has 0 radical (unpaired) electrons. The molecule has 0 spiro atoms. The number of benzene rings is 1. The van der Waals surface area contributed by atoms with E-state index in [0.29, 0.717) is 16.9 Å². The number of anilines is 1. The van der Waals surface area contributed by atoms with Crippen molar-refractivity contribution in [2.75, 3.05) is 5.32 Å². The molecule has 1 aliphatic carbocycles. The fourth-order valence-electron chi connectivity index (χ4n) is 3.54. The van der Waals surface area contributed by atoms with Crippen molar-refractivity contribution in [2.45, 2.75) is 25.7 Å². The molecule has 0 aliphatic heterocycles. The molecule has 1 amide bonds. The lowest BCUT2D eigenvalue weighted by Crippen LogP contribution is -2.18. The fourth-order valence-corrected chi connectivity index (χ4v) is 3.54. The summed E-state index contributed by atoms with van der Waals surface area (Å²) in [6, 6.07) is 15.5. The molecule has 0 bridgehead atoms. The third-order valence-electron chi connectivity index (χ3n) is 4.80. The average molecular weight is 354 g/mol. The number of nitriles is 1. The number of rotatable bonds is 3. The Labute approximate surface area is 157 Å². The maximum absolute atomic E-state index is 12.6. The summed E-state index contributed by atoms with van der Waals surface area (Å²) in [5.41, 5.74) is 4.82. The molecule has 2 aromatic heterocycles. The van der Waals surface area contributed by atoms with Crippen LogP contribution in [0.4, 0.5) is 5.82 Å². The van der Waals surface area contributed by atoms with Crippen LogP contribution in [0.2, 0.25) is 0 Å². The largest absolute Gasteiger partial charge is 0.305 e. The normalized spacial score (nSPS) is 12.7. The summed E-state index contributed by atoms with van der Waals surface area (Å²) in [6.45, 7) is 0. The van der Waals surface area contributed by atoms with Gasteiger partial charge in [0.25, 0.3) is 5.91 Å². The van der Waals surface area contributed by atoms with Crippen LogP contribution in [0.25, 0.3) is 11.1 Å². The Balaban J connectivity index is 1.85. The highest BCUT2D eigenvalue weighted by molar-refractivity contribution is 6.04. The van der Waals surface area contributed by atoms with Crippen LogP contribution in [0, 0.1) is 11.3 Å². The molecule has 5 heteroatoms. The number of aromatic nitrogens is 2. The van der Waals surface area contributed by atoms with Crippen LogP contribution in [-0.4, -0.2) is 15.9 Å². The van der Waals surface area contributed by atoms with E-state index < -0.39 is 0 Å². The summed E-state index contributed by atoms with van der Waals surface area (Å²) in [5.74, 6) is 0.00715. The first-order valence-electron chi connectivity index (χ1n) is 9.00. The lowest BCUT2D eigenvalue weighted by atomic mass is 9.86. The summed E-state index contributed by atoms with van der Waals surface area (Å²) in [4.78, 5) is 21.2. The molecule has 0 saturated carbocycles. The number of hydrogen-bond donors (Lipinski definition) is 1. The quantitative estimate of drug-likeness (QED) is 0.766. The summed E-state index contributed by atoms with van der Waals surface area (Å²) >= 11 is 0. The molecule has 3 aromatic rings. The van der Waals surface area contributed by atoms with Gasteiger partial charge in [0.2, 0.25) is 0 Å². The summed E-state index contributed by atoms with van der Waals surface area (Å²) in [6.07, 6.45) is 7.02. The van der Waals surface area contributed by atoms with Gasteiger partial charge in [-0.05, 0) is 48.9 Å². The van der Waals surface area contributed by atoms with E-state index in [1.165, 1.54) is 6.20 Å². The van der Waals surface area contributed by atoms with Crippen LogP contribution in [0.5, 0.6) is 0 Å². The molecule has 0 unspecified atom stereocenters. The lowest BCUT2D eigenvalue weighted by Gasteiger charge is -2.22. The van der Waals surface area contributed by atoms with Gasteiger partial charge in [0.1, 0.15) is 11.6 Å². The number of nitrogens with one attached hydrogen (secondary N) is 1. The van der Waals surface area contributed by atoms with E-state index in [0.717, 1.165) is 48.1 Å². The van der Waals surface area contributed by atoms with E-state index in [4.69, 9.17) is 0 Å². The molecule has 5 nitrogen and oxygen atoms in total. The highest BCUT2D eigenvalue weighted by Crippen LogP contribution is 2.36. The van der Waals surface area contributed by atoms with Crippen molar-refractivity contribution in [1.29, 1.82) is 5.26 Å². The predicted octanol–water partition coefficient (Wildman–Crippen LogP) is 4.15. The minimum absolute atomic E-state index is 0.318. The third kappa shape index (κ3) is 3.30. The maximum Gasteiger partial charge on any atom is 0.258 e. The highest BCUT2D eigenvalue weighted by atomic mass is 16.1. The Bertz CT molecular complexity index is 1020. The van der Waals surface area contributed by atoms with E-state index in [9.17, 15) is 10.1 Å². The topological polar surface area (TPSA) is 78.7 Å². The van der Waals surface area contributed by atoms with E-state index >= 15 is 0 Å². The fraction of sp³-hybridized carbons (Fsp3) is 0.182. The van der Waals surface area contributed by atoms with Gasteiger partial charge in [-0.25, -0.2) is 4.98 Å². The summed E-state index contributed by atoms with van der Waals surface area (Å²) in [5, 5.41) is 12.7. The Kier molecular flexibility index (Phi) is 4.63. The van der Waals surface area contributed by atoms with E-state index in [-0.39, 0.29) is 5.91 Å². The molecule has 0 fully saturated rings. The molecule has 0 saturated heterocycles. The maximum atomic E-state index is 12.6. The number of nitrogens with zero attached hydrogens (tertiary/aromatic N) is 3. The number of carbonyl (C=O) groups is 1. The van der Waals surface area contributed by atoms with Crippen LogP contribution >= 0.6 is 0 Å². The first-order valence-corrected chi connectivity index (χ1v) is 9.00. The van der Waals surface area contributed by atoms with Crippen molar-refractivity contribution in [1.82, 2.24) is 9.97 Å². The van der Waals surface area contributed by atoms with Gasteiger partial charge in [-0.1, -0.05) is 30.3 Å². The molecular formula is C22H18N4O. The van der Waals surface area contributed by atoms with E-state index in [2.05, 4.69) is 21.4 Å². The second-order valence-electron chi connectivity index (χ2n) is 6.52. The first-order chi connectivity index (χ1) is 13.3. The SMILES string of the molecule is N#Cc1c(NC(=O)c2cccnc2)nc2c(c1-c1ccccc1)CCCC2. The van der Waals surface area contributed by atoms with Crippen LogP contribution in [0.1, 0.15) is 40.0 Å². The van der Waals surface area contributed by atoms with Crippen molar-refractivity contribution < 1.29 is 4.79 Å². The zero-order valence-electron chi connectivity index (χ0n) is 14.8. The number of hydrogen-bond acceptors (Lipinski definition) is 4. The first kappa shape index (κ1) is 16.9. The van der Waals surface area contributed by atoms with Gasteiger partial charge in [-0.2, -0.15) is 5.26 Å². The summed E-state index contributed by atoms with van der Waals surface area (Å²) < 4.78 is 0. The monoisotopic (exact) mass is 354 g/mol. The number of fused-ring (bicyclic) bond motifs is 1. The zero-order chi connectivity index (χ0) is 18.6. The molecule has 1 aliphatic rings. The van der Waals surface area contributed by atoms with Gasteiger partial charge in [-0.15, -0.1) is 0 Å². The second kappa shape index (κ2) is 7.38.